The second-order valence-electron chi connectivity index (χ2n) is 5.05. The SMILES string of the molecule is COCCCNC(=O)CN(C)CCOc1ccccc1C. The zero-order valence-electron chi connectivity index (χ0n) is 13.2. The fraction of sp³-hybridized carbons (Fsp3) is 0.562. The molecule has 0 aromatic heterocycles. The first kappa shape index (κ1) is 17.5. The number of aryl methyl sites for hydroxylation is 1. The number of para-hydroxylation sites is 1. The van der Waals surface area contributed by atoms with Gasteiger partial charge in [0.25, 0.3) is 0 Å². The van der Waals surface area contributed by atoms with Crippen LogP contribution >= 0.6 is 0 Å². The Morgan fingerprint density at radius 2 is 2.05 bits per heavy atom. The van der Waals surface area contributed by atoms with Gasteiger partial charge in [0.2, 0.25) is 5.91 Å². The molecule has 0 spiro atoms. The highest BCUT2D eigenvalue weighted by Gasteiger charge is 2.06. The van der Waals surface area contributed by atoms with Crippen LogP contribution in [-0.2, 0) is 9.53 Å². The van der Waals surface area contributed by atoms with Gasteiger partial charge in [-0.3, -0.25) is 9.69 Å². The van der Waals surface area contributed by atoms with E-state index in [1.807, 2.05) is 43.1 Å². The molecule has 0 saturated carbocycles. The van der Waals surface area contributed by atoms with E-state index in [1.165, 1.54) is 0 Å². The number of carbonyl (C=O) groups excluding carboxylic acids is 1. The fourth-order valence-corrected chi connectivity index (χ4v) is 1.85. The number of nitrogens with zero attached hydrogens (tertiary/aromatic N) is 1. The predicted octanol–water partition coefficient (Wildman–Crippen LogP) is 1.46. The van der Waals surface area contributed by atoms with E-state index < -0.39 is 0 Å². The predicted molar refractivity (Wildman–Crippen MR) is 83.7 cm³/mol. The third kappa shape index (κ3) is 7.68. The summed E-state index contributed by atoms with van der Waals surface area (Å²) in [6.07, 6.45) is 0.836. The Morgan fingerprint density at radius 3 is 2.76 bits per heavy atom. The fourth-order valence-electron chi connectivity index (χ4n) is 1.85. The van der Waals surface area contributed by atoms with Gasteiger partial charge in [-0.25, -0.2) is 0 Å². The molecule has 1 N–H and O–H groups in total. The molecule has 0 radical (unpaired) electrons. The van der Waals surface area contributed by atoms with Crippen LogP contribution in [0.1, 0.15) is 12.0 Å². The number of nitrogens with one attached hydrogen (secondary N) is 1. The van der Waals surface area contributed by atoms with Crippen molar-refractivity contribution in [2.45, 2.75) is 13.3 Å². The Morgan fingerprint density at radius 1 is 1.29 bits per heavy atom. The number of amides is 1. The first-order chi connectivity index (χ1) is 10.1. The molecule has 0 aliphatic heterocycles. The summed E-state index contributed by atoms with van der Waals surface area (Å²) >= 11 is 0. The number of rotatable bonds is 10. The van der Waals surface area contributed by atoms with Crippen molar-refractivity contribution in [2.24, 2.45) is 0 Å². The number of hydrogen-bond donors (Lipinski definition) is 1. The first-order valence-corrected chi connectivity index (χ1v) is 7.26. The van der Waals surface area contributed by atoms with Gasteiger partial charge in [-0.1, -0.05) is 18.2 Å². The molecule has 0 fully saturated rings. The number of benzene rings is 1. The van der Waals surface area contributed by atoms with Crippen molar-refractivity contribution in [1.29, 1.82) is 0 Å². The normalized spacial score (nSPS) is 10.7. The molecule has 0 aliphatic carbocycles. The van der Waals surface area contributed by atoms with E-state index in [0.29, 0.717) is 32.8 Å². The van der Waals surface area contributed by atoms with Gasteiger partial charge in [0.1, 0.15) is 12.4 Å². The van der Waals surface area contributed by atoms with Gasteiger partial charge in [0, 0.05) is 26.8 Å². The van der Waals surface area contributed by atoms with Crippen molar-refractivity contribution >= 4 is 5.91 Å². The maximum Gasteiger partial charge on any atom is 0.234 e. The summed E-state index contributed by atoms with van der Waals surface area (Å²) in [7, 11) is 3.57. The quantitative estimate of drug-likeness (QED) is 0.664. The molecule has 0 aliphatic rings. The molecule has 1 rings (SSSR count). The van der Waals surface area contributed by atoms with Crippen LogP contribution in [0, 0.1) is 6.92 Å². The molecule has 1 amide bonds. The lowest BCUT2D eigenvalue weighted by molar-refractivity contribution is -0.122. The van der Waals surface area contributed by atoms with Gasteiger partial charge in [0.05, 0.1) is 6.54 Å². The van der Waals surface area contributed by atoms with Crippen LogP contribution in [0.25, 0.3) is 0 Å². The van der Waals surface area contributed by atoms with Crippen LogP contribution in [-0.4, -0.2) is 57.8 Å². The zero-order valence-corrected chi connectivity index (χ0v) is 13.2. The molecule has 0 heterocycles. The summed E-state index contributed by atoms with van der Waals surface area (Å²) in [6, 6.07) is 7.92. The summed E-state index contributed by atoms with van der Waals surface area (Å²) < 4.78 is 10.6. The van der Waals surface area contributed by atoms with Crippen LogP contribution in [0.3, 0.4) is 0 Å². The third-order valence-corrected chi connectivity index (χ3v) is 3.09. The highest BCUT2D eigenvalue weighted by molar-refractivity contribution is 5.77. The van der Waals surface area contributed by atoms with E-state index >= 15 is 0 Å². The Labute approximate surface area is 127 Å². The minimum absolute atomic E-state index is 0.0319. The Bertz CT molecular complexity index is 424. The summed E-state index contributed by atoms with van der Waals surface area (Å²) in [5, 5.41) is 2.86. The average Bonchev–Trinajstić information content (AvgIpc) is 2.45. The molecule has 5 heteroatoms. The molecule has 118 valence electrons. The standard InChI is InChI=1S/C16H26N2O3/c1-14-7-4-5-8-15(14)21-12-10-18(2)13-16(19)17-9-6-11-20-3/h4-5,7-8H,6,9-13H2,1-3H3,(H,17,19). The molecule has 0 unspecified atom stereocenters. The minimum atomic E-state index is 0.0319. The lowest BCUT2D eigenvalue weighted by Crippen LogP contribution is -2.37. The highest BCUT2D eigenvalue weighted by Crippen LogP contribution is 2.15. The average molecular weight is 294 g/mol. The zero-order chi connectivity index (χ0) is 15.5. The third-order valence-electron chi connectivity index (χ3n) is 3.09. The first-order valence-electron chi connectivity index (χ1n) is 7.26. The maximum absolute atomic E-state index is 11.7. The van der Waals surface area contributed by atoms with Crippen molar-refractivity contribution in [1.82, 2.24) is 10.2 Å². The van der Waals surface area contributed by atoms with Crippen molar-refractivity contribution < 1.29 is 14.3 Å². The smallest absolute Gasteiger partial charge is 0.234 e. The van der Waals surface area contributed by atoms with Crippen molar-refractivity contribution in [3.8, 4) is 5.75 Å². The molecule has 1 aromatic rings. The van der Waals surface area contributed by atoms with Crippen molar-refractivity contribution in [3.63, 3.8) is 0 Å². The molecule has 21 heavy (non-hydrogen) atoms. The topological polar surface area (TPSA) is 50.8 Å². The summed E-state index contributed by atoms with van der Waals surface area (Å²) in [5.41, 5.74) is 1.12. The Balaban J connectivity index is 2.14. The number of ether oxygens (including phenoxy) is 2. The van der Waals surface area contributed by atoms with Gasteiger partial charge in [-0.2, -0.15) is 0 Å². The summed E-state index contributed by atoms with van der Waals surface area (Å²) in [6.45, 7) is 5.00. The molecule has 5 nitrogen and oxygen atoms in total. The Hall–Kier alpha value is -1.59. The molecule has 1 aromatic carbocycles. The highest BCUT2D eigenvalue weighted by atomic mass is 16.5. The van der Waals surface area contributed by atoms with E-state index in [1.54, 1.807) is 7.11 Å². The summed E-state index contributed by atoms with van der Waals surface area (Å²) in [5.74, 6) is 0.930. The number of likely N-dealkylation sites (N-methyl/N-ethyl adjacent to an activating group) is 1. The van der Waals surface area contributed by atoms with Crippen LogP contribution < -0.4 is 10.1 Å². The van der Waals surface area contributed by atoms with Gasteiger partial charge in [0.15, 0.2) is 0 Å². The largest absolute Gasteiger partial charge is 0.492 e. The Kier molecular flexibility index (Phi) is 8.47. The monoisotopic (exact) mass is 294 g/mol. The molecular weight excluding hydrogens is 268 g/mol. The molecule has 0 atom stereocenters. The molecular formula is C16H26N2O3. The van der Waals surface area contributed by atoms with E-state index in [0.717, 1.165) is 17.7 Å². The molecule has 0 saturated heterocycles. The lowest BCUT2D eigenvalue weighted by Gasteiger charge is -2.17. The van der Waals surface area contributed by atoms with Crippen LogP contribution in [0.4, 0.5) is 0 Å². The van der Waals surface area contributed by atoms with Crippen LogP contribution in [0.5, 0.6) is 5.75 Å². The van der Waals surface area contributed by atoms with E-state index in [4.69, 9.17) is 9.47 Å². The van der Waals surface area contributed by atoms with Gasteiger partial charge >= 0.3 is 0 Å². The lowest BCUT2D eigenvalue weighted by atomic mass is 10.2. The van der Waals surface area contributed by atoms with E-state index in [9.17, 15) is 4.79 Å². The van der Waals surface area contributed by atoms with Gasteiger partial charge < -0.3 is 14.8 Å². The van der Waals surface area contributed by atoms with E-state index in [-0.39, 0.29) is 5.91 Å². The number of methoxy groups -OCH3 is 1. The van der Waals surface area contributed by atoms with Crippen molar-refractivity contribution in [2.75, 3.05) is 47.0 Å². The minimum Gasteiger partial charge on any atom is -0.492 e. The molecule has 0 bridgehead atoms. The summed E-state index contributed by atoms with van der Waals surface area (Å²) in [4.78, 5) is 13.6. The van der Waals surface area contributed by atoms with Crippen molar-refractivity contribution in [3.05, 3.63) is 29.8 Å². The second kappa shape index (κ2) is 10.2. The van der Waals surface area contributed by atoms with Gasteiger partial charge in [-0.15, -0.1) is 0 Å². The van der Waals surface area contributed by atoms with Crippen LogP contribution in [0.2, 0.25) is 0 Å². The number of carbonyl (C=O) groups is 1. The van der Waals surface area contributed by atoms with Crippen LogP contribution in [0.15, 0.2) is 24.3 Å². The number of hydrogen-bond acceptors (Lipinski definition) is 4. The van der Waals surface area contributed by atoms with Gasteiger partial charge in [-0.05, 0) is 32.0 Å². The maximum atomic E-state index is 11.7. The van der Waals surface area contributed by atoms with E-state index in [2.05, 4.69) is 5.32 Å². The second-order valence-corrected chi connectivity index (χ2v) is 5.05.